The summed E-state index contributed by atoms with van der Waals surface area (Å²) in [5, 5.41) is 8.48. The van der Waals surface area contributed by atoms with E-state index in [1.54, 1.807) is 6.08 Å². The van der Waals surface area contributed by atoms with Gasteiger partial charge in [0.1, 0.15) is 0 Å². The minimum Gasteiger partial charge on any atom is -0.396 e. The molecule has 1 aliphatic rings. The molecule has 9 heavy (non-hydrogen) atoms. The molecule has 0 aliphatic carbocycles. The number of aliphatic hydroxyl groups excluding tert-OH is 1. The summed E-state index contributed by atoms with van der Waals surface area (Å²) in [4.78, 5) is 0. The summed E-state index contributed by atoms with van der Waals surface area (Å²) in [6.07, 6.45) is 7.02. The topological polar surface area (TPSA) is 44.3 Å². The minimum absolute atomic E-state index is 0.175. The van der Waals surface area contributed by atoms with E-state index in [4.69, 9.17) is 5.11 Å². The van der Waals surface area contributed by atoms with Gasteiger partial charge in [-0.1, -0.05) is 0 Å². The van der Waals surface area contributed by atoms with Crippen molar-refractivity contribution in [3.63, 3.8) is 0 Å². The summed E-state index contributed by atoms with van der Waals surface area (Å²) in [7, 11) is 0. The summed E-state index contributed by atoms with van der Waals surface area (Å²) in [6, 6.07) is 0. The molecule has 3 N–H and O–H groups in total. The second kappa shape index (κ2) is 3.14. The van der Waals surface area contributed by atoms with Crippen LogP contribution in [0.3, 0.4) is 0 Å². The van der Waals surface area contributed by atoms with E-state index in [2.05, 4.69) is 17.1 Å². The Morgan fingerprint density at radius 2 is 2.56 bits per heavy atom. The Bertz CT molecular complexity index is 140. The smallest absolute Gasteiger partial charge is 0.0789 e. The van der Waals surface area contributed by atoms with Crippen molar-refractivity contribution in [1.82, 2.24) is 10.9 Å². The van der Waals surface area contributed by atoms with Crippen molar-refractivity contribution in [3.05, 3.63) is 24.0 Å². The van der Waals surface area contributed by atoms with Crippen molar-refractivity contribution in [2.24, 2.45) is 0 Å². The van der Waals surface area contributed by atoms with Gasteiger partial charge in [-0.05, 0) is 12.2 Å². The summed E-state index contributed by atoms with van der Waals surface area (Å²) < 4.78 is 0. The van der Waals surface area contributed by atoms with Gasteiger partial charge >= 0.3 is 0 Å². The molecule has 0 saturated heterocycles. The average molecular weight is 125 g/mol. The van der Waals surface area contributed by atoms with Crippen LogP contribution in [-0.2, 0) is 0 Å². The fourth-order valence-electron chi connectivity index (χ4n) is 0.608. The Labute approximate surface area is 54.0 Å². The van der Waals surface area contributed by atoms with E-state index < -0.39 is 0 Å². The lowest BCUT2D eigenvalue weighted by molar-refractivity contribution is 0.295. The van der Waals surface area contributed by atoms with Crippen molar-refractivity contribution in [2.45, 2.75) is 6.42 Å². The summed E-state index contributed by atoms with van der Waals surface area (Å²) >= 11 is 0. The van der Waals surface area contributed by atoms with E-state index >= 15 is 0 Å². The van der Waals surface area contributed by atoms with Crippen LogP contribution in [0.4, 0.5) is 0 Å². The van der Waals surface area contributed by atoms with Gasteiger partial charge in [-0.3, -0.25) is 5.43 Å². The van der Waals surface area contributed by atoms with E-state index in [0.29, 0.717) is 6.42 Å². The van der Waals surface area contributed by atoms with Crippen LogP contribution in [0, 0.1) is 6.20 Å². The molecule has 3 heteroatoms. The monoisotopic (exact) mass is 125 g/mol. The molecule has 0 aromatic heterocycles. The first kappa shape index (κ1) is 6.16. The van der Waals surface area contributed by atoms with Crippen LogP contribution >= 0.6 is 0 Å². The normalized spacial score (nSPS) is 15.9. The molecule has 0 atom stereocenters. The van der Waals surface area contributed by atoms with E-state index in [-0.39, 0.29) is 6.61 Å². The van der Waals surface area contributed by atoms with Crippen molar-refractivity contribution in [3.8, 4) is 0 Å². The second-order valence-corrected chi connectivity index (χ2v) is 1.73. The van der Waals surface area contributed by atoms with Gasteiger partial charge in [0, 0.05) is 18.7 Å². The number of hydrazine groups is 1. The number of nitrogens with one attached hydrogen (secondary N) is 2. The molecule has 0 unspecified atom stereocenters. The van der Waals surface area contributed by atoms with E-state index in [0.717, 1.165) is 5.70 Å². The van der Waals surface area contributed by atoms with Crippen LogP contribution in [0.2, 0.25) is 0 Å². The predicted molar refractivity (Wildman–Crippen MR) is 33.9 cm³/mol. The van der Waals surface area contributed by atoms with Gasteiger partial charge in [-0.25, -0.2) is 0 Å². The summed E-state index contributed by atoms with van der Waals surface area (Å²) in [5.41, 5.74) is 6.50. The quantitative estimate of drug-likeness (QED) is 0.474. The van der Waals surface area contributed by atoms with Crippen LogP contribution in [0.5, 0.6) is 0 Å². The molecule has 0 aromatic carbocycles. The zero-order chi connectivity index (χ0) is 6.53. The predicted octanol–water partition coefficient (Wildman–Crippen LogP) is -0.323. The largest absolute Gasteiger partial charge is 0.396 e. The first-order valence-electron chi connectivity index (χ1n) is 2.83. The van der Waals surface area contributed by atoms with Crippen LogP contribution in [0.25, 0.3) is 0 Å². The van der Waals surface area contributed by atoms with Crippen molar-refractivity contribution < 1.29 is 5.11 Å². The third kappa shape index (κ3) is 1.77. The molecule has 1 heterocycles. The molecule has 0 aromatic rings. The lowest BCUT2D eigenvalue weighted by atomic mass is 10.3. The Kier molecular flexibility index (Phi) is 2.15. The maximum atomic E-state index is 8.48. The summed E-state index contributed by atoms with van der Waals surface area (Å²) in [5.74, 6) is 0. The number of hydrogen-bond acceptors (Lipinski definition) is 3. The molecular formula is C6H9N2O. The Morgan fingerprint density at radius 1 is 1.67 bits per heavy atom. The van der Waals surface area contributed by atoms with E-state index in [9.17, 15) is 0 Å². The van der Waals surface area contributed by atoms with Crippen molar-refractivity contribution >= 4 is 0 Å². The Hall–Kier alpha value is -0.960. The molecule has 0 bridgehead atoms. The van der Waals surface area contributed by atoms with E-state index in [1.165, 1.54) is 0 Å². The Balaban J connectivity index is 2.38. The molecule has 0 fully saturated rings. The zero-order valence-electron chi connectivity index (χ0n) is 5.02. The lowest BCUT2D eigenvalue weighted by Crippen LogP contribution is -2.28. The van der Waals surface area contributed by atoms with Gasteiger partial charge in [0.05, 0.1) is 6.20 Å². The van der Waals surface area contributed by atoms with Crippen LogP contribution in [-0.4, -0.2) is 11.7 Å². The van der Waals surface area contributed by atoms with Crippen LogP contribution in [0.15, 0.2) is 17.8 Å². The highest BCUT2D eigenvalue weighted by Crippen LogP contribution is 1.96. The molecule has 1 rings (SSSR count). The fraction of sp³-hybridized carbons (Fsp3) is 0.333. The third-order valence-corrected chi connectivity index (χ3v) is 1.04. The highest BCUT2D eigenvalue weighted by atomic mass is 16.3. The molecule has 3 nitrogen and oxygen atoms in total. The zero-order valence-corrected chi connectivity index (χ0v) is 5.02. The second-order valence-electron chi connectivity index (χ2n) is 1.73. The fourth-order valence-corrected chi connectivity index (χ4v) is 0.608. The number of aliphatic hydroxyl groups is 1. The molecule has 0 spiro atoms. The van der Waals surface area contributed by atoms with Gasteiger partial charge in [0.15, 0.2) is 0 Å². The molecular weight excluding hydrogens is 116 g/mol. The molecule has 1 radical (unpaired) electrons. The standard InChI is InChI=1S/C6H9N2O/c9-5-3-6-2-1-4-7-8-6/h1-2,7-9H,3,5H2. The maximum absolute atomic E-state index is 8.48. The Morgan fingerprint density at radius 3 is 3.11 bits per heavy atom. The average Bonchev–Trinajstić information content (AvgIpc) is 1.91. The first-order chi connectivity index (χ1) is 4.43. The maximum Gasteiger partial charge on any atom is 0.0789 e. The summed E-state index contributed by atoms with van der Waals surface area (Å²) in [6.45, 7) is 0.175. The molecule has 49 valence electrons. The van der Waals surface area contributed by atoms with E-state index in [1.807, 2.05) is 6.08 Å². The minimum atomic E-state index is 0.175. The lowest BCUT2D eigenvalue weighted by Gasteiger charge is -2.10. The van der Waals surface area contributed by atoms with Gasteiger partial charge in [0.25, 0.3) is 0 Å². The highest BCUT2D eigenvalue weighted by molar-refractivity contribution is 5.11. The third-order valence-electron chi connectivity index (χ3n) is 1.04. The number of rotatable bonds is 2. The van der Waals surface area contributed by atoms with Gasteiger partial charge < -0.3 is 10.5 Å². The number of allylic oxidation sites excluding steroid dienone is 2. The molecule has 0 amide bonds. The molecule has 0 saturated carbocycles. The highest BCUT2D eigenvalue weighted by Gasteiger charge is 1.94. The van der Waals surface area contributed by atoms with Crippen LogP contribution in [0.1, 0.15) is 6.42 Å². The van der Waals surface area contributed by atoms with Crippen molar-refractivity contribution in [1.29, 1.82) is 0 Å². The van der Waals surface area contributed by atoms with Crippen molar-refractivity contribution in [2.75, 3.05) is 6.61 Å². The first-order valence-corrected chi connectivity index (χ1v) is 2.83. The van der Waals surface area contributed by atoms with Gasteiger partial charge in [-0.15, -0.1) is 0 Å². The van der Waals surface area contributed by atoms with Gasteiger partial charge in [0.2, 0.25) is 0 Å². The molecule has 1 aliphatic heterocycles. The number of hydrogen-bond donors (Lipinski definition) is 3. The van der Waals surface area contributed by atoms with Crippen LogP contribution < -0.4 is 10.9 Å². The SMILES string of the molecule is OCCC1=CC=[C]NN1. The van der Waals surface area contributed by atoms with Gasteiger partial charge in [-0.2, -0.15) is 0 Å².